The van der Waals surface area contributed by atoms with Gasteiger partial charge >= 0.3 is 6.09 Å². The lowest BCUT2D eigenvalue weighted by Gasteiger charge is -2.12. The number of hydrazine groups is 1. The highest BCUT2D eigenvalue weighted by Gasteiger charge is 2.05. The van der Waals surface area contributed by atoms with Gasteiger partial charge in [-0.1, -0.05) is 50.7 Å². The number of ether oxygens (including phenoxy) is 1. The zero-order valence-electron chi connectivity index (χ0n) is 12.1. The van der Waals surface area contributed by atoms with Crippen LogP contribution in [0.25, 0.3) is 0 Å². The molecule has 0 aliphatic rings. The quantitative estimate of drug-likeness (QED) is 0.225. The minimum atomic E-state index is -0.501. The smallest absolute Gasteiger partial charge is 0.424 e. The highest BCUT2D eigenvalue weighted by Crippen LogP contribution is 2.11. The van der Waals surface area contributed by atoms with Crippen LogP contribution < -0.4 is 5.84 Å². The van der Waals surface area contributed by atoms with E-state index in [1.165, 1.54) is 51.2 Å². The number of methoxy groups -OCH3 is 1. The molecule has 0 aromatic rings. The molecule has 0 aromatic carbocycles. The maximum Gasteiger partial charge on any atom is 0.424 e. The minimum absolute atomic E-state index is 0.411. The molecule has 0 bridgehead atoms. The summed E-state index contributed by atoms with van der Waals surface area (Å²) in [5.41, 5.74) is 1.28. The fourth-order valence-corrected chi connectivity index (χ4v) is 1.73. The predicted molar refractivity (Wildman–Crippen MR) is 75.0 cm³/mol. The number of carbonyl (C=O) groups excluding carboxylic acids is 1. The fraction of sp³-hybridized carbons (Fsp3) is 0.786. The van der Waals surface area contributed by atoms with Crippen molar-refractivity contribution in [1.82, 2.24) is 5.01 Å². The standard InChI is InChI=1S/C14H28N2O2/c1-4-5-6-7-8-9-10-13(2)11-12-16(15)14(17)18-3/h11H,4-10,12,15H2,1-3H3/b13-11+. The molecule has 2 N–H and O–H groups in total. The highest BCUT2D eigenvalue weighted by atomic mass is 16.5. The lowest BCUT2D eigenvalue weighted by Crippen LogP contribution is -2.37. The number of carbonyl (C=O) groups is 1. The second-order valence-electron chi connectivity index (χ2n) is 4.69. The van der Waals surface area contributed by atoms with Gasteiger partial charge in [0.05, 0.1) is 13.7 Å². The van der Waals surface area contributed by atoms with E-state index in [1.54, 1.807) is 0 Å². The van der Waals surface area contributed by atoms with E-state index in [4.69, 9.17) is 5.84 Å². The maximum absolute atomic E-state index is 11.0. The number of hydrogen-bond donors (Lipinski definition) is 1. The van der Waals surface area contributed by atoms with Gasteiger partial charge < -0.3 is 4.74 Å². The van der Waals surface area contributed by atoms with E-state index in [2.05, 4.69) is 18.6 Å². The Morgan fingerprint density at radius 3 is 2.44 bits per heavy atom. The van der Waals surface area contributed by atoms with Crippen molar-refractivity contribution in [2.75, 3.05) is 13.7 Å². The van der Waals surface area contributed by atoms with Crippen molar-refractivity contribution in [1.29, 1.82) is 0 Å². The molecule has 18 heavy (non-hydrogen) atoms. The minimum Gasteiger partial charge on any atom is -0.452 e. The summed E-state index contributed by atoms with van der Waals surface area (Å²) in [5, 5.41) is 1.07. The van der Waals surface area contributed by atoms with Gasteiger partial charge in [0.2, 0.25) is 0 Å². The van der Waals surface area contributed by atoms with Crippen LogP contribution in [0.3, 0.4) is 0 Å². The first-order valence-electron chi connectivity index (χ1n) is 6.87. The van der Waals surface area contributed by atoms with E-state index in [0.717, 1.165) is 11.4 Å². The molecular weight excluding hydrogens is 228 g/mol. The van der Waals surface area contributed by atoms with Crippen LogP contribution in [0.1, 0.15) is 58.8 Å². The topological polar surface area (TPSA) is 55.6 Å². The molecule has 4 nitrogen and oxygen atoms in total. The van der Waals surface area contributed by atoms with Crippen molar-refractivity contribution in [3.63, 3.8) is 0 Å². The summed E-state index contributed by atoms with van der Waals surface area (Å²) in [6, 6.07) is 0. The van der Waals surface area contributed by atoms with Gasteiger partial charge in [0, 0.05) is 0 Å². The van der Waals surface area contributed by atoms with Gasteiger partial charge in [-0.05, 0) is 19.8 Å². The molecule has 0 aromatic heterocycles. The molecule has 0 aliphatic carbocycles. The second-order valence-corrected chi connectivity index (χ2v) is 4.69. The summed E-state index contributed by atoms with van der Waals surface area (Å²) in [6.45, 7) is 4.72. The van der Waals surface area contributed by atoms with E-state index in [1.807, 2.05) is 6.08 Å². The summed E-state index contributed by atoms with van der Waals surface area (Å²) >= 11 is 0. The van der Waals surface area contributed by atoms with Crippen LogP contribution in [0.15, 0.2) is 11.6 Å². The van der Waals surface area contributed by atoms with Crippen molar-refractivity contribution in [3.8, 4) is 0 Å². The van der Waals surface area contributed by atoms with E-state index >= 15 is 0 Å². The molecule has 0 atom stereocenters. The van der Waals surface area contributed by atoms with E-state index < -0.39 is 6.09 Å². The third-order valence-corrected chi connectivity index (χ3v) is 2.97. The molecule has 0 saturated carbocycles. The average Bonchev–Trinajstić information content (AvgIpc) is 2.38. The Bertz CT molecular complexity index is 252. The van der Waals surface area contributed by atoms with Crippen LogP contribution in [0.5, 0.6) is 0 Å². The third-order valence-electron chi connectivity index (χ3n) is 2.97. The molecule has 0 aliphatic heterocycles. The number of unbranched alkanes of at least 4 members (excludes halogenated alkanes) is 5. The Morgan fingerprint density at radius 1 is 1.22 bits per heavy atom. The van der Waals surface area contributed by atoms with Crippen LogP contribution in [0, 0.1) is 0 Å². The Kier molecular flexibility index (Phi) is 10.4. The first kappa shape index (κ1) is 17.0. The summed E-state index contributed by atoms with van der Waals surface area (Å²) in [5.74, 6) is 5.50. The van der Waals surface area contributed by atoms with Gasteiger partial charge in [-0.2, -0.15) is 0 Å². The van der Waals surface area contributed by atoms with E-state index in [0.29, 0.717) is 6.54 Å². The highest BCUT2D eigenvalue weighted by molar-refractivity contribution is 5.66. The van der Waals surface area contributed by atoms with E-state index in [-0.39, 0.29) is 0 Å². The van der Waals surface area contributed by atoms with Gasteiger partial charge in [-0.3, -0.25) is 0 Å². The second kappa shape index (κ2) is 11.1. The molecule has 0 rings (SSSR count). The summed E-state index contributed by atoms with van der Waals surface area (Å²) in [4.78, 5) is 11.0. The lowest BCUT2D eigenvalue weighted by molar-refractivity contribution is 0.128. The van der Waals surface area contributed by atoms with Crippen molar-refractivity contribution in [3.05, 3.63) is 11.6 Å². The lowest BCUT2D eigenvalue weighted by atomic mass is 10.1. The van der Waals surface area contributed by atoms with Crippen molar-refractivity contribution < 1.29 is 9.53 Å². The molecule has 4 heteroatoms. The molecule has 0 unspecified atom stereocenters. The molecule has 0 saturated heterocycles. The zero-order valence-corrected chi connectivity index (χ0v) is 12.1. The van der Waals surface area contributed by atoms with Crippen LogP contribution >= 0.6 is 0 Å². The molecular formula is C14H28N2O2. The largest absolute Gasteiger partial charge is 0.452 e. The molecule has 1 amide bonds. The van der Waals surface area contributed by atoms with E-state index in [9.17, 15) is 4.79 Å². The number of allylic oxidation sites excluding steroid dienone is 1. The fourth-order valence-electron chi connectivity index (χ4n) is 1.73. The average molecular weight is 256 g/mol. The van der Waals surface area contributed by atoms with Gasteiger partial charge in [-0.15, -0.1) is 0 Å². The van der Waals surface area contributed by atoms with Crippen LogP contribution in [0.4, 0.5) is 4.79 Å². The molecule has 0 spiro atoms. The SMILES string of the molecule is CCCCCCCC/C(C)=C/CN(N)C(=O)OC. The summed E-state index contributed by atoms with van der Waals surface area (Å²) < 4.78 is 4.51. The monoisotopic (exact) mass is 256 g/mol. The normalized spacial score (nSPS) is 11.4. The Hall–Kier alpha value is -1.03. The first-order chi connectivity index (χ1) is 8.61. The molecule has 0 radical (unpaired) electrons. The predicted octanol–water partition coefficient (Wildman–Crippen LogP) is 3.63. The third kappa shape index (κ3) is 9.05. The maximum atomic E-state index is 11.0. The number of amides is 1. The Balaban J connectivity index is 3.62. The van der Waals surface area contributed by atoms with Crippen molar-refractivity contribution in [2.45, 2.75) is 58.8 Å². The van der Waals surface area contributed by atoms with Gasteiger partial charge in [-0.25, -0.2) is 15.6 Å². The molecule has 0 fully saturated rings. The number of nitrogens with zero attached hydrogens (tertiary/aromatic N) is 1. The van der Waals surface area contributed by atoms with Gasteiger partial charge in [0.1, 0.15) is 0 Å². The Labute approximate surface area is 111 Å². The first-order valence-corrected chi connectivity index (χ1v) is 6.87. The number of rotatable bonds is 9. The summed E-state index contributed by atoms with van der Waals surface area (Å²) in [6.07, 6.45) is 10.4. The molecule has 0 heterocycles. The van der Waals surface area contributed by atoms with Gasteiger partial charge in [0.25, 0.3) is 0 Å². The van der Waals surface area contributed by atoms with Crippen LogP contribution in [-0.2, 0) is 4.74 Å². The van der Waals surface area contributed by atoms with Crippen molar-refractivity contribution >= 4 is 6.09 Å². The zero-order chi connectivity index (χ0) is 13.8. The number of nitrogens with two attached hydrogens (primary N) is 1. The van der Waals surface area contributed by atoms with Crippen molar-refractivity contribution in [2.24, 2.45) is 5.84 Å². The van der Waals surface area contributed by atoms with Gasteiger partial charge in [0.15, 0.2) is 0 Å². The molecule has 106 valence electrons. The Morgan fingerprint density at radius 2 is 1.83 bits per heavy atom. The van der Waals surface area contributed by atoms with Crippen LogP contribution in [0.2, 0.25) is 0 Å². The summed E-state index contributed by atoms with van der Waals surface area (Å²) in [7, 11) is 1.33. The van der Waals surface area contributed by atoms with Crippen LogP contribution in [-0.4, -0.2) is 24.8 Å². The number of hydrogen-bond acceptors (Lipinski definition) is 3.